The van der Waals surface area contributed by atoms with Gasteiger partial charge in [-0.15, -0.1) is 0 Å². The molecule has 0 aliphatic carbocycles. The molecule has 18 heavy (non-hydrogen) atoms. The molecule has 4 heteroatoms. The zero-order chi connectivity index (χ0) is 13.6. The lowest BCUT2D eigenvalue weighted by Gasteiger charge is -2.23. The molecule has 1 amide bonds. The van der Waals surface area contributed by atoms with Crippen LogP contribution >= 0.6 is 0 Å². The Kier molecular flexibility index (Phi) is 5.31. The molecule has 1 rings (SSSR count). The van der Waals surface area contributed by atoms with Crippen molar-refractivity contribution in [3.05, 3.63) is 35.9 Å². The molecule has 0 aliphatic rings. The summed E-state index contributed by atoms with van der Waals surface area (Å²) < 4.78 is 0. The van der Waals surface area contributed by atoms with E-state index < -0.39 is 5.54 Å². The highest BCUT2D eigenvalue weighted by Crippen LogP contribution is 2.15. The monoisotopic (exact) mass is 250 g/mol. The third kappa shape index (κ3) is 4.85. The molecular formula is C14H22N2O2. The molecule has 4 nitrogen and oxygen atoms in total. The molecule has 0 aliphatic heterocycles. The van der Waals surface area contributed by atoms with Crippen molar-refractivity contribution in [1.29, 1.82) is 0 Å². The minimum Gasteiger partial charge on any atom is -0.394 e. The normalized spacial score (nSPS) is 13.1. The van der Waals surface area contributed by atoms with Gasteiger partial charge in [-0.25, -0.2) is 0 Å². The third-order valence-electron chi connectivity index (χ3n) is 2.78. The highest BCUT2D eigenvalue weighted by Gasteiger charge is 2.19. The van der Waals surface area contributed by atoms with Crippen molar-refractivity contribution >= 4 is 5.91 Å². The minimum atomic E-state index is -0.575. The Morgan fingerprint density at radius 1 is 1.39 bits per heavy atom. The molecule has 0 saturated heterocycles. The van der Waals surface area contributed by atoms with Gasteiger partial charge in [0.15, 0.2) is 0 Å². The van der Waals surface area contributed by atoms with Crippen LogP contribution in [0.25, 0.3) is 0 Å². The Hall–Kier alpha value is -1.39. The van der Waals surface area contributed by atoms with Crippen LogP contribution in [0.2, 0.25) is 0 Å². The average molecular weight is 250 g/mol. The van der Waals surface area contributed by atoms with Gasteiger partial charge in [0.05, 0.1) is 12.1 Å². The topological polar surface area (TPSA) is 75.3 Å². The van der Waals surface area contributed by atoms with Gasteiger partial charge in [0, 0.05) is 12.5 Å². The predicted octanol–water partition coefficient (Wildman–Crippen LogP) is 1.35. The number of aliphatic hydroxyl groups is 1. The quantitative estimate of drug-likeness (QED) is 0.713. The molecule has 0 heterocycles. The number of rotatable bonds is 6. The van der Waals surface area contributed by atoms with Crippen molar-refractivity contribution < 1.29 is 9.90 Å². The molecule has 1 atom stereocenters. The Labute approximate surface area is 108 Å². The molecule has 0 fully saturated rings. The lowest BCUT2D eigenvalue weighted by molar-refractivity contribution is -0.123. The first-order valence-electron chi connectivity index (χ1n) is 6.17. The summed E-state index contributed by atoms with van der Waals surface area (Å²) in [5, 5.41) is 11.8. The van der Waals surface area contributed by atoms with Crippen molar-refractivity contribution in [2.24, 2.45) is 5.73 Å². The van der Waals surface area contributed by atoms with Gasteiger partial charge in [-0.2, -0.15) is 0 Å². The summed E-state index contributed by atoms with van der Waals surface area (Å²) in [6.45, 7) is 3.48. The third-order valence-corrected chi connectivity index (χ3v) is 2.78. The van der Waals surface area contributed by atoms with E-state index in [1.54, 1.807) is 13.8 Å². The van der Waals surface area contributed by atoms with Gasteiger partial charge in [-0.3, -0.25) is 4.79 Å². The number of hydrogen-bond acceptors (Lipinski definition) is 3. The highest BCUT2D eigenvalue weighted by atomic mass is 16.3. The van der Waals surface area contributed by atoms with Crippen molar-refractivity contribution in [1.82, 2.24) is 5.32 Å². The number of amides is 1. The summed E-state index contributed by atoms with van der Waals surface area (Å²) in [4.78, 5) is 11.7. The molecule has 1 aromatic rings. The molecule has 1 unspecified atom stereocenters. The zero-order valence-corrected chi connectivity index (χ0v) is 11.0. The summed E-state index contributed by atoms with van der Waals surface area (Å²) in [6.07, 6.45) is 0.955. The van der Waals surface area contributed by atoms with Gasteiger partial charge in [0.25, 0.3) is 0 Å². The van der Waals surface area contributed by atoms with Crippen LogP contribution in [0.15, 0.2) is 30.3 Å². The van der Waals surface area contributed by atoms with Gasteiger partial charge < -0.3 is 16.2 Å². The number of benzene rings is 1. The van der Waals surface area contributed by atoms with E-state index in [1.807, 2.05) is 30.3 Å². The van der Waals surface area contributed by atoms with Crippen molar-refractivity contribution in [3.8, 4) is 0 Å². The van der Waals surface area contributed by atoms with Gasteiger partial charge in [-0.05, 0) is 25.8 Å². The molecular weight excluding hydrogens is 228 g/mol. The number of carbonyl (C=O) groups is 1. The van der Waals surface area contributed by atoms with Crippen molar-refractivity contribution in [2.75, 3.05) is 6.61 Å². The second kappa shape index (κ2) is 6.52. The molecule has 0 radical (unpaired) electrons. The van der Waals surface area contributed by atoms with Crippen LogP contribution in [-0.4, -0.2) is 23.2 Å². The van der Waals surface area contributed by atoms with Gasteiger partial charge in [-0.1, -0.05) is 30.3 Å². The van der Waals surface area contributed by atoms with Crippen LogP contribution in [-0.2, 0) is 4.79 Å². The van der Waals surface area contributed by atoms with E-state index in [-0.39, 0.29) is 18.6 Å². The number of nitrogens with one attached hydrogen (secondary N) is 1. The van der Waals surface area contributed by atoms with E-state index in [2.05, 4.69) is 5.32 Å². The number of nitrogens with two attached hydrogens (primary N) is 1. The standard InChI is InChI=1S/C14H22N2O2/c1-14(2,10-17)16-13(18)9-8-12(15)11-6-4-3-5-7-11/h3-7,12,17H,8-10,15H2,1-2H3,(H,16,18). The van der Waals surface area contributed by atoms with Crippen LogP contribution in [0.4, 0.5) is 0 Å². The molecule has 4 N–H and O–H groups in total. The van der Waals surface area contributed by atoms with Crippen LogP contribution in [0.3, 0.4) is 0 Å². The fraction of sp³-hybridized carbons (Fsp3) is 0.500. The van der Waals surface area contributed by atoms with Crippen LogP contribution in [0.1, 0.15) is 38.3 Å². The predicted molar refractivity (Wildman–Crippen MR) is 71.9 cm³/mol. The largest absolute Gasteiger partial charge is 0.394 e. The Morgan fingerprint density at radius 2 is 2.00 bits per heavy atom. The highest BCUT2D eigenvalue weighted by molar-refractivity contribution is 5.76. The SMILES string of the molecule is CC(C)(CO)NC(=O)CCC(N)c1ccccc1. The van der Waals surface area contributed by atoms with Crippen molar-refractivity contribution in [3.63, 3.8) is 0 Å². The van der Waals surface area contributed by atoms with E-state index in [0.717, 1.165) is 5.56 Å². The second-order valence-electron chi connectivity index (χ2n) is 5.15. The van der Waals surface area contributed by atoms with Gasteiger partial charge >= 0.3 is 0 Å². The smallest absolute Gasteiger partial charge is 0.220 e. The Balaban J connectivity index is 2.39. The maximum atomic E-state index is 11.7. The molecule has 0 spiro atoms. The minimum absolute atomic E-state index is 0.0799. The number of aliphatic hydroxyl groups excluding tert-OH is 1. The molecule has 0 aromatic heterocycles. The van der Waals surface area contributed by atoms with E-state index in [4.69, 9.17) is 10.8 Å². The summed E-state index contributed by atoms with van der Waals surface area (Å²) >= 11 is 0. The van der Waals surface area contributed by atoms with E-state index in [9.17, 15) is 4.79 Å². The first-order chi connectivity index (χ1) is 8.44. The average Bonchev–Trinajstić information content (AvgIpc) is 2.36. The maximum absolute atomic E-state index is 11.7. The first-order valence-corrected chi connectivity index (χ1v) is 6.17. The fourth-order valence-corrected chi connectivity index (χ4v) is 1.63. The van der Waals surface area contributed by atoms with Crippen molar-refractivity contribution in [2.45, 2.75) is 38.3 Å². The molecule has 0 saturated carbocycles. The summed E-state index contributed by atoms with van der Waals surface area (Å²) in [5.41, 5.74) is 6.47. The zero-order valence-electron chi connectivity index (χ0n) is 11.0. The molecule has 100 valence electrons. The van der Waals surface area contributed by atoms with Gasteiger partial charge in [0.1, 0.15) is 0 Å². The Bertz CT molecular complexity index is 377. The van der Waals surface area contributed by atoms with E-state index >= 15 is 0 Å². The van der Waals surface area contributed by atoms with Crippen LogP contribution in [0.5, 0.6) is 0 Å². The van der Waals surface area contributed by atoms with Crippen LogP contribution < -0.4 is 11.1 Å². The number of carbonyl (C=O) groups excluding carboxylic acids is 1. The van der Waals surface area contributed by atoms with E-state index in [1.165, 1.54) is 0 Å². The van der Waals surface area contributed by atoms with Gasteiger partial charge in [0.2, 0.25) is 5.91 Å². The maximum Gasteiger partial charge on any atom is 0.220 e. The summed E-state index contributed by atoms with van der Waals surface area (Å²) in [5.74, 6) is -0.0829. The first kappa shape index (κ1) is 14.7. The summed E-state index contributed by atoms with van der Waals surface area (Å²) in [6, 6.07) is 9.59. The Morgan fingerprint density at radius 3 is 2.56 bits per heavy atom. The second-order valence-corrected chi connectivity index (χ2v) is 5.15. The molecule has 0 bridgehead atoms. The van der Waals surface area contributed by atoms with Crippen LogP contribution in [0, 0.1) is 0 Å². The number of hydrogen-bond donors (Lipinski definition) is 3. The molecule has 1 aromatic carbocycles. The lowest BCUT2D eigenvalue weighted by atomic mass is 10.0. The summed E-state index contributed by atoms with van der Waals surface area (Å²) in [7, 11) is 0. The van der Waals surface area contributed by atoms with E-state index in [0.29, 0.717) is 12.8 Å². The fourth-order valence-electron chi connectivity index (χ4n) is 1.63. The lowest BCUT2D eigenvalue weighted by Crippen LogP contribution is -2.46.